The maximum atomic E-state index is 11.9. The van der Waals surface area contributed by atoms with Gasteiger partial charge in [0.2, 0.25) is 0 Å². The first-order valence-corrected chi connectivity index (χ1v) is 6.87. The van der Waals surface area contributed by atoms with Gasteiger partial charge in [-0.3, -0.25) is 9.59 Å². The van der Waals surface area contributed by atoms with E-state index in [0.29, 0.717) is 12.8 Å². The summed E-state index contributed by atoms with van der Waals surface area (Å²) in [5, 5.41) is 0. The van der Waals surface area contributed by atoms with Crippen molar-refractivity contribution in [1.82, 2.24) is 0 Å². The van der Waals surface area contributed by atoms with Crippen LogP contribution in [0.5, 0.6) is 0 Å². The number of carbonyl (C=O) groups is 2. The SMILES string of the molecule is CCCCCCC(=O)C1=CCCC(C(C)=O)C1. The van der Waals surface area contributed by atoms with Crippen LogP contribution in [0.15, 0.2) is 11.6 Å². The molecule has 0 spiro atoms. The Hall–Kier alpha value is -0.920. The number of carbonyl (C=O) groups excluding carboxylic acids is 2. The van der Waals surface area contributed by atoms with Crippen molar-refractivity contribution in [3.05, 3.63) is 11.6 Å². The second-order valence-corrected chi connectivity index (χ2v) is 5.05. The number of ketones is 2. The van der Waals surface area contributed by atoms with Gasteiger partial charge in [-0.2, -0.15) is 0 Å². The largest absolute Gasteiger partial charge is 0.300 e. The average molecular weight is 236 g/mol. The van der Waals surface area contributed by atoms with Gasteiger partial charge >= 0.3 is 0 Å². The van der Waals surface area contributed by atoms with Gasteiger partial charge in [0.05, 0.1) is 0 Å². The van der Waals surface area contributed by atoms with Crippen molar-refractivity contribution in [1.29, 1.82) is 0 Å². The van der Waals surface area contributed by atoms with E-state index in [-0.39, 0.29) is 17.5 Å². The number of Topliss-reactive ketones (excluding diaryl/α,β-unsaturated/α-hetero) is 2. The smallest absolute Gasteiger partial charge is 0.158 e. The van der Waals surface area contributed by atoms with Crippen LogP contribution in [-0.2, 0) is 9.59 Å². The van der Waals surface area contributed by atoms with Gasteiger partial charge < -0.3 is 0 Å². The number of allylic oxidation sites excluding steroid dienone is 2. The van der Waals surface area contributed by atoms with E-state index in [4.69, 9.17) is 0 Å². The highest BCUT2D eigenvalue weighted by Gasteiger charge is 2.22. The predicted octanol–water partition coefficient (Wildman–Crippen LogP) is 3.84. The molecule has 0 aromatic rings. The molecule has 0 saturated carbocycles. The van der Waals surface area contributed by atoms with Crippen molar-refractivity contribution in [2.45, 2.75) is 65.2 Å². The van der Waals surface area contributed by atoms with Gasteiger partial charge in [-0.05, 0) is 38.2 Å². The molecule has 0 radical (unpaired) electrons. The van der Waals surface area contributed by atoms with E-state index in [2.05, 4.69) is 6.92 Å². The Morgan fingerprint density at radius 1 is 1.29 bits per heavy atom. The van der Waals surface area contributed by atoms with Gasteiger partial charge in [-0.1, -0.05) is 32.3 Å². The molecule has 2 heteroatoms. The van der Waals surface area contributed by atoms with Crippen LogP contribution in [0.4, 0.5) is 0 Å². The molecule has 1 aliphatic rings. The van der Waals surface area contributed by atoms with Gasteiger partial charge in [-0.25, -0.2) is 0 Å². The molecule has 0 aromatic carbocycles. The van der Waals surface area contributed by atoms with E-state index >= 15 is 0 Å². The van der Waals surface area contributed by atoms with Crippen LogP contribution in [0.25, 0.3) is 0 Å². The van der Waals surface area contributed by atoms with Crippen LogP contribution < -0.4 is 0 Å². The first-order valence-electron chi connectivity index (χ1n) is 6.87. The molecule has 0 N–H and O–H groups in total. The molecule has 1 aliphatic carbocycles. The Morgan fingerprint density at radius 3 is 2.71 bits per heavy atom. The van der Waals surface area contributed by atoms with E-state index in [0.717, 1.165) is 31.3 Å². The minimum atomic E-state index is 0.0922. The summed E-state index contributed by atoms with van der Waals surface area (Å²) in [6, 6.07) is 0. The summed E-state index contributed by atoms with van der Waals surface area (Å²) in [5.74, 6) is 0.594. The number of rotatable bonds is 7. The minimum Gasteiger partial charge on any atom is -0.300 e. The van der Waals surface area contributed by atoms with Crippen LogP contribution in [-0.4, -0.2) is 11.6 Å². The number of hydrogen-bond acceptors (Lipinski definition) is 2. The zero-order valence-electron chi connectivity index (χ0n) is 11.1. The predicted molar refractivity (Wildman–Crippen MR) is 69.9 cm³/mol. The average Bonchev–Trinajstić information content (AvgIpc) is 2.34. The molecule has 1 unspecified atom stereocenters. The summed E-state index contributed by atoms with van der Waals surface area (Å²) in [6.45, 7) is 3.81. The zero-order chi connectivity index (χ0) is 12.7. The van der Waals surface area contributed by atoms with E-state index < -0.39 is 0 Å². The fourth-order valence-electron chi connectivity index (χ4n) is 2.36. The normalized spacial score (nSPS) is 19.9. The van der Waals surface area contributed by atoms with Gasteiger partial charge in [0.25, 0.3) is 0 Å². The number of hydrogen-bond donors (Lipinski definition) is 0. The summed E-state index contributed by atoms with van der Waals surface area (Å²) in [6.07, 6.45) is 9.74. The molecule has 0 fully saturated rings. The summed E-state index contributed by atoms with van der Waals surface area (Å²) in [5.41, 5.74) is 0.910. The van der Waals surface area contributed by atoms with Gasteiger partial charge in [-0.15, -0.1) is 0 Å². The molecular weight excluding hydrogens is 212 g/mol. The van der Waals surface area contributed by atoms with Crippen molar-refractivity contribution in [2.75, 3.05) is 0 Å². The van der Waals surface area contributed by atoms with Crippen LogP contribution in [0, 0.1) is 5.92 Å². The molecule has 17 heavy (non-hydrogen) atoms. The molecule has 0 bridgehead atoms. The molecular formula is C15H24O2. The zero-order valence-corrected chi connectivity index (χ0v) is 11.1. The van der Waals surface area contributed by atoms with Crippen LogP contribution in [0.3, 0.4) is 0 Å². The summed E-state index contributed by atoms with van der Waals surface area (Å²) >= 11 is 0. The molecule has 0 saturated heterocycles. The highest BCUT2D eigenvalue weighted by molar-refractivity contribution is 5.96. The van der Waals surface area contributed by atoms with Gasteiger partial charge in [0.1, 0.15) is 5.78 Å². The summed E-state index contributed by atoms with van der Waals surface area (Å²) in [7, 11) is 0. The molecule has 0 amide bonds. The van der Waals surface area contributed by atoms with E-state index in [1.54, 1.807) is 6.92 Å². The summed E-state index contributed by atoms with van der Waals surface area (Å²) in [4.78, 5) is 23.3. The Labute approximate surface area is 104 Å². The lowest BCUT2D eigenvalue weighted by Crippen LogP contribution is -2.18. The van der Waals surface area contributed by atoms with E-state index in [1.165, 1.54) is 12.8 Å². The second kappa shape index (κ2) is 7.41. The highest BCUT2D eigenvalue weighted by Crippen LogP contribution is 2.26. The molecule has 2 nitrogen and oxygen atoms in total. The Kier molecular flexibility index (Phi) is 6.17. The van der Waals surface area contributed by atoms with E-state index in [1.807, 2.05) is 6.08 Å². The first-order chi connectivity index (χ1) is 8.15. The van der Waals surface area contributed by atoms with Crippen LogP contribution >= 0.6 is 0 Å². The van der Waals surface area contributed by atoms with E-state index in [9.17, 15) is 9.59 Å². The van der Waals surface area contributed by atoms with Crippen LogP contribution in [0.1, 0.15) is 65.2 Å². The monoisotopic (exact) mass is 236 g/mol. The van der Waals surface area contributed by atoms with Crippen molar-refractivity contribution in [3.8, 4) is 0 Å². The van der Waals surface area contributed by atoms with Crippen molar-refractivity contribution in [3.63, 3.8) is 0 Å². The lowest BCUT2D eigenvalue weighted by Gasteiger charge is -2.19. The number of unbranched alkanes of at least 4 members (excludes halogenated alkanes) is 3. The molecule has 1 atom stereocenters. The lowest BCUT2D eigenvalue weighted by molar-refractivity contribution is -0.121. The first kappa shape index (κ1) is 14.1. The van der Waals surface area contributed by atoms with Crippen molar-refractivity contribution >= 4 is 11.6 Å². The Bertz CT molecular complexity index is 302. The second-order valence-electron chi connectivity index (χ2n) is 5.05. The summed E-state index contributed by atoms with van der Waals surface area (Å²) < 4.78 is 0. The minimum absolute atomic E-state index is 0.0922. The van der Waals surface area contributed by atoms with Gasteiger partial charge in [0.15, 0.2) is 5.78 Å². The third-order valence-corrected chi connectivity index (χ3v) is 3.56. The lowest BCUT2D eigenvalue weighted by atomic mass is 9.84. The third-order valence-electron chi connectivity index (χ3n) is 3.56. The molecule has 0 aromatic heterocycles. The molecule has 1 rings (SSSR count). The topological polar surface area (TPSA) is 34.1 Å². The third kappa shape index (κ3) is 4.84. The Morgan fingerprint density at radius 2 is 2.06 bits per heavy atom. The quantitative estimate of drug-likeness (QED) is 0.629. The van der Waals surface area contributed by atoms with Crippen molar-refractivity contribution in [2.24, 2.45) is 5.92 Å². The Balaban J connectivity index is 2.36. The molecule has 96 valence electrons. The maximum absolute atomic E-state index is 11.9. The molecule has 0 aliphatic heterocycles. The maximum Gasteiger partial charge on any atom is 0.158 e. The van der Waals surface area contributed by atoms with Gasteiger partial charge in [0, 0.05) is 12.3 Å². The molecule has 0 heterocycles. The highest BCUT2D eigenvalue weighted by atomic mass is 16.1. The van der Waals surface area contributed by atoms with Crippen molar-refractivity contribution < 1.29 is 9.59 Å². The fraction of sp³-hybridized carbons (Fsp3) is 0.733. The fourth-order valence-corrected chi connectivity index (χ4v) is 2.36. The standard InChI is InChI=1S/C15H24O2/c1-3-4-5-6-10-15(17)14-9-7-8-13(11-14)12(2)16/h9,13H,3-8,10-11H2,1-2H3. The van der Waals surface area contributed by atoms with Crippen LogP contribution in [0.2, 0.25) is 0 Å².